The van der Waals surface area contributed by atoms with Crippen molar-refractivity contribution in [3.63, 3.8) is 0 Å². The van der Waals surface area contributed by atoms with E-state index >= 15 is 0 Å². The molecule has 2 saturated heterocycles. The lowest BCUT2D eigenvalue weighted by atomic mass is 9.47. The molecule has 4 heteroatoms. The molecule has 6 atom stereocenters. The number of ether oxygens (including phenoxy) is 2. The van der Waals surface area contributed by atoms with Gasteiger partial charge in [0, 0.05) is 11.3 Å². The van der Waals surface area contributed by atoms with Gasteiger partial charge >= 0.3 is 0 Å². The van der Waals surface area contributed by atoms with Crippen molar-refractivity contribution in [1.82, 2.24) is 0 Å². The first-order valence-electron chi connectivity index (χ1n) is 7.30. The average Bonchev–Trinajstić information content (AvgIpc) is 2.89. The predicted molar refractivity (Wildman–Crippen MR) is 68.0 cm³/mol. The topological polar surface area (TPSA) is 58.9 Å². The van der Waals surface area contributed by atoms with E-state index in [2.05, 4.69) is 19.9 Å². The summed E-state index contributed by atoms with van der Waals surface area (Å²) >= 11 is 0. The Hall–Kier alpha value is -0.420. The van der Waals surface area contributed by atoms with Crippen LogP contribution in [0.2, 0.25) is 0 Å². The van der Waals surface area contributed by atoms with Gasteiger partial charge in [-0.05, 0) is 36.2 Å². The molecule has 1 spiro atoms. The Kier molecular flexibility index (Phi) is 2.34. The van der Waals surface area contributed by atoms with E-state index in [0.717, 1.165) is 19.3 Å². The molecule has 4 rings (SSSR count). The monoisotopic (exact) mass is 266 g/mol. The number of aliphatic hydroxyl groups excluding tert-OH is 2. The van der Waals surface area contributed by atoms with Crippen molar-refractivity contribution < 1.29 is 19.7 Å². The second-order valence-electron chi connectivity index (χ2n) is 7.20. The van der Waals surface area contributed by atoms with E-state index in [0.29, 0.717) is 6.61 Å². The molecular weight excluding hydrogens is 244 g/mol. The third kappa shape index (κ3) is 1.29. The van der Waals surface area contributed by atoms with Crippen LogP contribution in [0, 0.1) is 22.7 Å². The Morgan fingerprint density at radius 1 is 1.32 bits per heavy atom. The minimum absolute atomic E-state index is 0.188. The molecule has 19 heavy (non-hydrogen) atoms. The molecule has 0 aromatic heterocycles. The van der Waals surface area contributed by atoms with Crippen LogP contribution in [-0.2, 0) is 9.47 Å². The highest BCUT2D eigenvalue weighted by Gasteiger charge is 2.68. The Bertz CT molecular complexity index is 443. The smallest absolute Gasteiger partial charge is 0.168 e. The van der Waals surface area contributed by atoms with Crippen molar-refractivity contribution in [2.75, 3.05) is 6.61 Å². The number of hydrogen-bond donors (Lipinski definition) is 2. The second-order valence-corrected chi connectivity index (χ2v) is 7.20. The molecule has 4 aliphatic rings. The molecule has 2 aliphatic carbocycles. The van der Waals surface area contributed by atoms with Gasteiger partial charge in [0.25, 0.3) is 0 Å². The second kappa shape index (κ2) is 3.61. The Labute approximate surface area is 113 Å². The van der Waals surface area contributed by atoms with Crippen molar-refractivity contribution in [2.24, 2.45) is 22.7 Å². The molecule has 106 valence electrons. The predicted octanol–water partition coefficient (Wildman–Crippen LogP) is 1.42. The highest BCUT2D eigenvalue weighted by Crippen LogP contribution is 2.66. The van der Waals surface area contributed by atoms with Gasteiger partial charge in [-0.15, -0.1) is 0 Å². The summed E-state index contributed by atoms with van der Waals surface area (Å²) in [5.41, 5.74) is 0.848. The van der Waals surface area contributed by atoms with Crippen LogP contribution in [0.1, 0.15) is 33.1 Å². The number of aliphatic hydroxyl groups is 2. The molecule has 4 nitrogen and oxygen atoms in total. The van der Waals surface area contributed by atoms with Gasteiger partial charge in [0.2, 0.25) is 0 Å². The Balaban J connectivity index is 1.86. The summed E-state index contributed by atoms with van der Waals surface area (Å²) < 4.78 is 11.4. The fraction of sp³-hybridized carbons (Fsp3) is 0.867. The first kappa shape index (κ1) is 12.3. The maximum absolute atomic E-state index is 10.5. The largest absolute Gasteiger partial charge is 0.393 e. The van der Waals surface area contributed by atoms with E-state index in [1.54, 1.807) is 0 Å². The van der Waals surface area contributed by atoms with E-state index in [-0.39, 0.29) is 35.1 Å². The van der Waals surface area contributed by atoms with E-state index in [4.69, 9.17) is 9.47 Å². The standard InChI is InChI=1S/C15H22O4/c1-14(2)9-4-3-8-7-18-12-11(8)15(9,13(17)19-12)6-5-10(14)16/h3,9-13,16-17H,4-7H2,1-2H3/t9-,10+,11+,12+,13+,15+/m0/s1. The third-order valence-electron chi connectivity index (χ3n) is 6.26. The highest BCUT2D eigenvalue weighted by molar-refractivity contribution is 5.27. The minimum atomic E-state index is -0.761. The Morgan fingerprint density at radius 3 is 2.89 bits per heavy atom. The van der Waals surface area contributed by atoms with Crippen LogP contribution in [0.15, 0.2) is 11.6 Å². The lowest BCUT2D eigenvalue weighted by molar-refractivity contribution is -0.223. The molecular formula is C15H22O4. The van der Waals surface area contributed by atoms with E-state index in [9.17, 15) is 10.2 Å². The average molecular weight is 266 g/mol. The summed E-state index contributed by atoms with van der Waals surface area (Å²) in [5.74, 6) is 0.437. The lowest BCUT2D eigenvalue weighted by Crippen LogP contribution is -2.57. The van der Waals surface area contributed by atoms with E-state index in [1.807, 2.05) is 0 Å². The van der Waals surface area contributed by atoms with Crippen LogP contribution in [0.5, 0.6) is 0 Å². The lowest BCUT2D eigenvalue weighted by Gasteiger charge is -2.57. The molecule has 2 aliphatic heterocycles. The van der Waals surface area contributed by atoms with Crippen molar-refractivity contribution in [2.45, 2.75) is 51.8 Å². The summed E-state index contributed by atoms with van der Waals surface area (Å²) in [6, 6.07) is 0. The summed E-state index contributed by atoms with van der Waals surface area (Å²) in [6.45, 7) is 4.88. The van der Waals surface area contributed by atoms with Gasteiger partial charge in [-0.2, -0.15) is 0 Å². The van der Waals surface area contributed by atoms with Gasteiger partial charge in [0.15, 0.2) is 12.6 Å². The van der Waals surface area contributed by atoms with Crippen LogP contribution in [0.25, 0.3) is 0 Å². The summed E-state index contributed by atoms with van der Waals surface area (Å²) in [7, 11) is 0. The molecule has 2 heterocycles. The van der Waals surface area contributed by atoms with Gasteiger partial charge in [-0.25, -0.2) is 0 Å². The van der Waals surface area contributed by atoms with E-state index < -0.39 is 6.29 Å². The first-order chi connectivity index (χ1) is 8.98. The van der Waals surface area contributed by atoms with Gasteiger partial charge in [0.05, 0.1) is 12.7 Å². The number of rotatable bonds is 0. The van der Waals surface area contributed by atoms with Gasteiger partial charge in [-0.1, -0.05) is 19.9 Å². The number of hydrogen-bond acceptors (Lipinski definition) is 4. The van der Waals surface area contributed by atoms with Crippen LogP contribution < -0.4 is 0 Å². The van der Waals surface area contributed by atoms with Crippen LogP contribution in [0.3, 0.4) is 0 Å². The molecule has 0 radical (unpaired) electrons. The fourth-order valence-corrected chi connectivity index (χ4v) is 5.17. The summed E-state index contributed by atoms with van der Waals surface area (Å²) in [4.78, 5) is 0. The maximum Gasteiger partial charge on any atom is 0.168 e. The SMILES string of the molecule is CC1(C)[C@H](O)CC[C@@]23[C@H](O)O[C@H]4OCC(=CC[C@@H]12)[C@H]43. The fourth-order valence-electron chi connectivity index (χ4n) is 5.17. The van der Waals surface area contributed by atoms with Crippen molar-refractivity contribution >= 4 is 0 Å². The van der Waals surface area contributed by atoms with Gasteiger partial charge in [0.1, 0.15) is 0 Å². The maximum atomic E-state index is 10.5. The number of allylic oxidation sites excluding steroid dienone is 1. The third-order valence-corrected chi connectivity index (χ3v) is 6.26. The summed E-state index contributed by atoms with van der Waals surface area (Å²) in [6.07, 6.45) is 3.39. The molecule has 2 N–H and O–H groups in total. The zero-order valence-corrected chi connectivity index (χ0v) is 11.5. The zero-order chi connectivity index (χ0) is 13.4. The quantitative estimate of drug-likeness (QED) is 0.651. The molecule has 3 fully saturated rings. The molecule has 0 unspecified atom stereocenters. The van der Waals surface area contributed by atoms with Gasteiger partial charge in [-0.3, -0.25) is 0 Å². The molecule has 0 aromatic rings. The van der Waals surface area contributed by atoms with E-state index in [1.165, 1.54) is 5.57 Å². The van der Waals surface area contributed by atoms with Gasteiger partial charge < -0.3 is 19.7 Å². The van der Waals surface area contributed by atoms with Crippen LogP contribution in [-0.4, -0.2) is 35.5 Å². The van der Waals surface area contributed by atoms with Crippen molar-refractivity contribution in [1.29, 1.82) is 0 Å². The van der Waals surface area contributed by atoms with Crippen LogP contribution in [0.4, 0.5) is 0 Å². The summed E-state index contributed by atoms with van der Waals surface area (Å²) in [5, 5.41) is 20.9. The highest BCUT2D eigenvalue weighted by atomic mass is 16.7. The van der Waals surface area contributed by atoms with Crippen LogP contribution >= 0.6 is 0 Å². The minimum Gasteiger partial charge on any atom is -0.393 e. The zero-order valence-electron chi connectivity index (χ0n) is 11.5. The Morgan fingerprint density at radius 2 is 2.11 bits per heavy atom. The molecule has 0 aromatic carbocycles. The molecule has 1 saturated carbocycles. The first-order valence-corrected chi connectivity index (χ1v) is 7.30. The normalized spacial score (nSPS) is 54.5. The van der Waals surface area contributed by atoms with Crippen molar-refractivity contribution in [3.8, 4) is 0 Å². The molecule has 0 bridgehead atoms. The molecule has 0 amide bonds. The van der Waals surface area contributed by atoms with Crippen molar-refractivity contribution in [3.05, 3.63) is 11.6 Å².